The van der Waals surface area contributed by atoms with Crippen molar-refractivity contribution in [1.29, 1.82) is 0 Å². The lowest BCUT2D eigenvalue weighted by molar-refractivity contribution is -0.114. The van der Waals surface area contributed by atoms with Gasteiger partial charge in [0.15, 0.2) is 0 Å². The van der Waals surface area contributed by atoms with Crippen LogP contribution >= 0.6 is 0 Å². The topological polar surface area (TPSA) is 90.3 Å². The Kier molecular flexibility index (Phi) is 4.60. The number of hydrogen-bond acceptors (Lipinski definition) is 4. The second-order valence-electron chi connectivity index (χ2n) is 4.08. The lowest BCUT2D eigenvalue weighted by atomic mass is 10.2. The second kappa shape index (κ2) is 6.63. The van der Waals surface area contributed by atoms with E-state index in [1.807, 2.05) is 24.3 Å². The van der Waals surface area contributed by atoms with Gasteiger partial charge in [0.2, 0.25) is 5.91 Å². The number of azide groups is 1. The summed E-state index contributed by atoms with van der Waals surface area (Å²) in [5.74, 6) is -0.322. The summed E-state index contributed by atoms with van der Waals surface area (Å²) >= 11 is 0. The van der Waals surface area contributed by atoms with E-state index in [4.69, 9.17) is 10.3 Å². The Balaban J connectivity index is 1.93. The fourth-order valence-corrected chi connectivity index (χ4v) is 1.87. The highest BCUT2D eigenvalue weighted by Gasteiger charge is 2.10. The molecule has 1 amide bonds. The lowest BCUT2D eigenvalue weighted by Crippen LogP contribution is -2.36. The first-order valence-corrected chi connectivity index (χ1v) is 6.03. The molecule has 0 unspecified atom stereocenters. The number of hydrogen-bond donors (Lipinski definition) is 1. The molecule has 1 fully saturated rings. The number of carbonyl (C=O) groups is 1. The number of ether oxygens (including phenoxy) is 1. The maximum absolute atomic E-state index is 11.4. The van der Waals surface area contributed by atoms with Crippen molar-refractivity contribution in [2.45, 2.75) is 0 Å². The van der Waals surface area contributed by atoms with Crippen LogP contribution in [0.25, 0.3) is 10.4 Å². The van der Waals surface area contributed by atoms with Crippen LogP contribution in [0.15, 0.2) is 29.4 Å². The fourth-order valence-electron chi connectivity index (χ4n) is 1.87. The van der Waals surface area contributed by atoms with Gasteiger partial charge in [-0.15, -0.1) is 0 Å². The van der Waals surface area contributed by atoms with E-state index in [1.54, 1.807) is 0 Å². The molecule has 1 N–H and O–H groups in total. The van der Waals surface area contributed by atoms with E-state index in [0.29, 0.717) is 5.69 Å². The Morgan fingerprint density at radius 3 is 2.68 bits per heavy atom. The molecule has 0 aromatic heterocycles. The SMILES string of the molecule is [N-]=[N+]=NCC(=O)Nc1ccc(N2CCOCC2)cc1. The number of nitrogens with one attached hydrogen (secondary N) is 1. The molecule has 7 nitrogen and oxygen atoms in total. The van der Waals surface area contributed by atoms with Gasteiger partial charge in [0.1, 0.15) is 6.54 Å². The minimum atomic E-state index is -0.322. The highest BCUT2D eigenvalue weighted by Crippen LogP contribution is 2.18. The third-order valence-corrected chi connectivity index (χ3v) is 2.80. The zero-order valence-corrected chi connectivity index (χ0v) is 10.5. The summed E-state index contributed by atoms with van der Waals surface area (Å²) in [5, 5.41) is 5.87. The van der Waals surface area contributed by atoms with Gasteiger partial charge in [-0.1, -0.05) is 5.11 Å². The minimum Gasteiger partial charge on any atom is -0.378 e. The van der Waals surface area contributed by atoms with E-state index in [-0.39, 0.29) is 12.5 Å². The molecule has 0 aliphatic carbocycles. The van der Waals surface area contributed by atoms with Gasteiger partial charge in [0.25, 0.3) is 0 Å². The average Bonchev–Trinajstić information content (AvgIpc) is 2.47. The van der Waals surface area contributed by atoms with Crippen LogP contribution in [0.4, 0.5) is 11.4 Å². The first-order chi connectivity index (χ1) is 9.29. The molecule has 0 spiro atoms. The maximum atomic E-state index is 11.4. The maximum Gasteiger partial charge on any atom is 0.230 e. The van der Waals surface area contributed by atoms with Crippen LogP contribution in [-0.4, -0.2) is 38.8 Å². The highest BCUT2D eigenvalue weighted by molar-refractivity contribution is 5.92. The molecule has 19 heavy (non-hydrogen) atoms. The quantitative estimate of drug-likeness (QED) is 0.508. The van der Waals surface area contributed by atoms with Gasteiger partial charge in [-0.2, -0.15) is 0 Å². The summed E-state index contributed by atoms with van der Waals surface area (Å²) in [5.41, 5.74) is 9.92. The van der Waals surface area contributed by atoms with Gasteiger partial charge in [0.05, 0.1) is 13.2 Å². The number of nitrogens with zero attached hydrogens (tertiary/aromatic N) is 4. The molecule has 1 aliphatic heterocycles. The largest absolute Gasteiger partial charge is 0.378 e. The Hall–Kier alpha value is -2.24. The van der Waals surface area contributed by atoms with E-state index in [0.717, 1.165) is 32.0 Å². The molecule has 1 saturated heterocycles. The van der Waals surface area contributed by atoms with Crippen LogP contribution in [0.2, 0.25) is 0 Å². The van der Waals surface area contributed by atoms with Crippen LogP contribution in [0, 0.1) is 0 Å². The summed E-state index contributed by atoms with van der Waals surface area (Å²) in [6.07, 6.45) is 0. The molecule has 100 valence electrons. The molecule has 7 heteroatoms. The van der Waals surface area contributed by atoms with Crippen molar-refractivity contribution < 1.29 is 9.53 Å². The predicted molar refractivity (Wildman–Crippen MR) is 72.1 cm³/mol. The highest BCUT2D eigenvalue weighted by atomic mass is 16.5. The molecular weight excluding hydrogens is 246 g/mol. The normalized spacial score (nSPS) is 14.6. The van der Waals surface area contributed by atoms with Crippen LogP contribution in [0.5, 0.6) is 0 Å². The number of amides is 1. The zero-order chi connectivity index (χ0) is 13.5. The van der Waals surface area contributed by atoms with Crippen molar-refractivity contribution in [3.8, 4) is 0 Å². The summed E-state index contributed by atoms with van der Waals surface area (Å²) < 4.78 is 5.30. The summed E-state index contributed by atoms with van der Waals surface area (Å²) in [7, 11) is 0. The number of carbonyl (C=O) groups excluding carboxylic acids is 1. The van der Waals surface area contributed by atoms with Gasteiger partial charge in [-0.3, -0.25) is 4.79 Å². The summed E-state index contributed by atoms with van der Waals surface area (Å²) in [4.78, 5) is 16.1. The van der Waals surface area contributed by atoms with Gasteiger partial charge in [0, 0.05) is 29.4 Å². The number of morpholine rings is 1. The van der Waals surface area contributed by atoms with Crippen molar-refractivity contribution >= 4 is 17.3 Å². The van der Waals surface area contributed by atoms with Gasteiger partial charge in [-0.25, -0.2) is 0 Å². The zero-order valence-electron chi connectivity index (χ0n) is 10.5. The predicted octanol–water partition coefficient (Wildman–Crippen LogP) is 1.77. The van der Waals surface area contributed by atoms with Crippen LogP contribution in [-0.2, 0) is 9.53 Å². The Labute approximate surface area is 110 Å². The van der Waals surface area contributed by atoms with Gasteiger partial charge >= 0.3 is 0 Å². The van der Waals surface area contributed by atoms with Gasteiger partial charge in [-0.05, 0) is 29.8 Å². The van der Waals surface area contributed by atoms with Crippen LogP contribution in [0.1, 0.15) is 0 Å². The Morgan fingerprint density at radius 2 is 2.05 bits per heavy atom. The molecule has 0 radical (unpaired) electrons. The van der Waals surface area contributed by atoms with Crippen molar-refractivity contribution in [2.75, 3.05) is 43.1 Å². The van der Waals surface area contributed by atoms with Crippen molar-refractivity contribution in [2.24, 2.45) is 5.11 Å². The lowest BCUT2D eigenvalue weighted by Gasteiger charge is -2.28. The monoisotopic (exact) mass is 261 g/mol. The van der Waals surface area contributed by atoms with Crippen LogP contribution < -0.4 is 10.2 Å². The smallest absolute Gasteiger partial charge is 0.230 e. The molecule has 1 aliphatic rings. The number of anilines is 2. The number of rotatable bonds is 4. The standard InChI is InChI=1S/C12H15N5O2/c13-16-14-9-12(18)15-10-1-3-11(4-2-10)17-5-7-19-8-6-17/h1-4H,5-9H2,(H,15,18). The Morgan fingerprint density at radius 1 is 1.37 bits per heavy atom. The minimum absolute atomic E-state index is 0.193. The van der Waals surface area contributed by atoms with E-state index in [2.05, 4.69) is 20.2 Å². The fraction of sp³-hybridized carbons (Fsp3) is 0.417. The molecule has 1 aromatic carbocycles. The molecule has 2 rings (SSSR count). The van der Waals surface area contributed by atoms with Crippen molar-refractivity contribution in [1.82, 2.24) is 0 Å². The van der Waals surface area contributed by atoms with Crippen molar-refractivity contribution in [3.05, 3.63) is 34.7 Å². The first-order valence-electron chi connectivity index (χ1n) is 6.03. The summed E-state index contributed by atoms with van der Waals surface area (Å²) in [6, 6.07) is 7.57. The van der Waals surface area contributed by atoms with E-state index >= 15 is 0 Å². The summed E-state index contributed by atoms with van der Waals surface area (Å²) in [6.45, 7) is 3.04. The van der Waals surface area contributed by atoms with Crippen molar-refractivity contribution in [3.63, 3.8) is 0 Å². The molecule has 1 aromatic rings. The molecule has 0 saturated carbocycles. The Bertz CT molecular complexity index is 475. The molecule has 1 heterocycles. The molecular formula is C12H15N5O2. The molecule has 0 bridgehead atoms. The van der Waals surface area contributed by atoms with E-state index in [1.165, 1.54) is 0 Å². The number of benzene rings is 1. The van der Waals surface area contributed by atoms with E-state index in [9.17, 15) is 4.79 Å². The van der Waals surface area contributed by atoms with E-state index < -0.39 is 0 Å². The molecule has 0 atom stereocenters. The van der Waals surface area contributed by atoms with Crippen LogP contribution in [0.3, 0.4) is 0 Å². The average molecular weight is 261 g/mol. The third kappa shape index (κ3) is 3.87. The first kappa shape index (κ1) is 13.2. The third-order valence-electron chi connectivity index (χ3n) is 2.80. The second-order valence-corrected chi connectivity index (χ2v) is 4.08. The van der Waals surface area contributed by atoms with Gasteiger partial charge < -0.3 is 15.0 Å².